The number of fused-ring (bicyclic) bond motifs is 1. The SMILES string of the molecule is Cc1ccc(OCC(=O)N2CCN(Cc3nc4ccc(C=O)cc4c(=O)n3-c3ccccc3OC(C)C)CC2)cc1. The highest BCUT2D eigenvalue weighted by Gasteiger charge is 2.24. The van der Waals surface area contributed by atoms with E-state index in [1.807, 2.05) is 69.3 Å². The summed E-state index contributed by atoms with van der Waals surface area (Å²) in [6, 6.07) is 20.0. The minimum Gasteiger partial charge on any atom is -0.489 e. The first kappa shape index (κ1) is 28.0. The van der Waals surface area contributed by atoms with Gasteiger partial charge >= 0.3 is 0 Å². The van der Waals surface area contributed by atoms with E-state index in [4.69, 9.17) is 14.5 Å². The molecule has 0 bridgehead atoms. The molecule has 9 heteroatoms. The first-order chi connectivity index (χ1) is 19.8. The molecule has 0 N–H and O–H groups in total. The smallest absolute Gasteiger partial charge is 0.266 e. The fourth-order valence-corrected chi connectivity index (χ4v) is 4.90. The molecule has 0 saturated carbocycles. The second-order valence-corrected chi connectivity index (χ2v) is 10.5. The van der Waals surface area contributed by atoms with Gasteiger partial charge in [-0.15, -0.1) is 0 Å². The van der Waals surface area contributed by atoms with Crippen molar-refractivity contribution in [3.8, 4) is 17.2 Å². The molecule has 212 valence electrons. The summed E-state index contributed by atoms with van der Waals surface area (Å²) in [6.07, 6.45) is 0.630. The monoisotopic (exact) mass is 554 g/mol. The Kier molecular flexibility index (Phi) is 8.45. The highest BCUT2D eigenvalue weighted by molar-refractivity contribution is 5.86. The van der Waals surface area contributed by atoms with E-state index in [9.17, 15) is 14.4 Å². The lowest BCUT2D eigenvalue weighted by molar-refractivity contribution is -0.135. The van der Waals surface area contributed by atoms with Crippen LogP contribution in [0.4, 0.5) is 0 Å². The summed E-state index contributed by atoms with van der Waals surface area (Å²) < 4.78 is 13.3. The molecule has 1 amide bonds. The van der Waals surface area contributed by atoms with Crippen molar-refractivity contribution in [1.29, 1.82) is 0 Å². The maximum atomic E-state index is 13.9. The number of benzene rings is 3. The molecular formula is C32H34N4O5. The zero-order chi connectivity index (χ0) is 28.9. The van der Waals surface area contributed by atoms with Crippen molar-refractivity contribution >= 4 is 23.1 Å². The number of nitrogens with zero attached hydrogens (tertiary/aromatic N) is 4. The average molecular weight is 555 g/mol. The first-order valence-electron chi connectivity index (χ1n) is 13.8. The molecule has 0 spiro atoms. The van der Waals surface area contributed by atoms with Crippen molar-refractivity contribution in [2.45, 2.75) is 33.4 Å². The Morgan fingerprint density at radius 3 is 2.44 bits per heavy atom. The molecule has 3 aromatic carbocycles. The fourth-order valence-electron chi connectivity index (χ4n) is 4.90. The first-order valence-corrected chi connectivity index (χ1v) is 13.8. The Morgan fingerprint density at radius 2 is 1.73 bits per heavy atom. The maximum absolute atomic E-state index is 13.9. The molecule has 1 saturated heterocycles. The molecular weight excluding hydrogens is 520 g/mol. The predicted molar refractivity (Wildman–Crippen MR) is 157 cm³/mol. The van der Waals surface area contributed by atoms with E-state index in [0.29, 0.717) is 72.2 Å². The Balaban J connectivity index is 1.37. The van der Waals surface area contributed by atoms with Crippen LogP contribution in [0, 0.1) is 6.92 Å². The van der Waals surface area contributed by atoms with Crippen LogP contribution >= 0.6 is 0 Å². The number of aromatic nitrogens is 2. The zero-order valence-corrected chi connectivity index (χ0v) is 23.6. The maximum Gasteiger partial charge on any atom is 0.266 e. The van der Waals surface area contributed by atoms with Crippen molar-refractivity contribution < 1.29 is 19.1 Å². The largest absolute Gasteiger partial charge is 0.489 e. The van der Waals surface area contributed by atoms with Crippen LogP contribution in [-0.2, 0) is 11.3 Å². The second kappa shape index (κ2) is 12.3. The van der Waals surface area contributed by atoms with Gasteiger partial charge in [-0.3, -0.25) is 23.9 Å². The van der Waals surface area contributed by atoms with Crippen molar-refractivity contribution in [3.63, 3.8) is 0 Å². The standard InChI is InChI=1S/C32H34N4O5/c1-22(2)41-29-7-5-4-6-28(29)36-30(33-27-13-10-24(20-37)18-26(27)32(36)39)19-34-14-16-35(17-15-34)31(38)21-40-25-11-8-23(3)9-12-25/h4-13,18,20,22H,14-17,19,21H2,1-3H3. The molecule has 0 aliphatic carbocycles. The molecule has 0 atom stereocenters. The number of aryl methyl sites for hydroxylation is 1. The lowest BCUT2D eigenvalue weighted by Gasteiger charge is -2.34. The Hall–Kier alpha value is -4.50. The quantitative estimate of drug-likeness (QED) is 0.289. The summed E-state index contributed by atoms with van der Waals surface area (Å²) in [5.41, 5.74) is 2.39. The number of aldehydes is 1. The summed E-state index contributed by atoms with van der Waals surface area (Å²) in [4.78, 5) is 47.0. The van der Waals surface area contributed by atoms with Crippen LogP contribution < -0.4 is 15.0 Å². The summed E-state index contributed by atoms with van der Waals surface area (Å²) in [5, 5.41) is 0.363. The fraction of sp³-hybridized carbons (Fsp3) is 0.312. The van der Waals surface area contributed by atoms with E-state index < -0.39 is 0 Å². The lowest BCUT2D eigenvalue weighted by Crippen LogP contribution is -2.50. The molecule has 5 rings (SSSR count). The van der Waals surface area contributed by atoms with Gasteiger partial charge in [0, 0.05) is 31.7 Å². The number of hydrogen-bond acceptors (Lipinski definition) is 7. The van der Waals surface area contributed by atoms with Crippen LogP contribution in [0.25, 0.3) is 16.6 Å². The molecule has 41 heavy (non-hydrogen) atoms. The number of hydrogen-bond donors (Lipinski definition) is 0. The third kappa shape index (κ3) is 6.47. The molecule has 9 nitrogen and oxygen atoms in total. The summed E-state index contributed by atoms with van der Waals surface area (Å²) in [6.45, 7) is 8.60. The highest BCUT2D eigenvalue weighted by Crippen LogP contribution is 2.25. The molecule has 1 aliphatic rings. The van der Waals surface area contributed by atoms with Gasteiger partial charge in [0.15, 0.2) is 6.61 Å². The van der Waals surface area contributed by atoms with Gasteiger partial charge in [0.05, 0.1) is 29.2 Å². The van der Waals surface area contributed by atoms with Crippen molar-refractivity contribution in [2.75, 3.05) is 32.8 Å². The molecule has 1 fully saturated rings. The molecule has 0 radical (unpaired) electrons. The van der Waals surface area contributed by atoms with Crippen LogP contribution in [-0.4, -0.2) is 70.4 Å². The summed E-state index contributed by atoms with van der Waals surface area (Å²) in [7, 11) is 0. The molecule has 0 unspecified atom stereocenters. The van der Waals surface area contributed by atoms with Gasteiger partial charge in [0.25, 0.3) is 11.5 Å². The van der Waals surface area contributed by atoms with Gasteiger partial charge in [-0.1, -0.05) is 29.8 Å². The minimum absolute atomic E-state index is 0.00968. The van der Waals surface area contributed by atoms with E-state index >= 15 is 0 Å². The number of amides is 1. The number of rotatable bonds is 9. The van der Waals surface area contributed by atoms with Gasteiger partial charge in [-0.25, -0.2) is 4.98 Å². The van der Waals surface area contributed by atoms with Crippen LogP contribution in [0.15, 0.2) is 71.5 Å². The lowest BCUT2D eigenvalue weighted by atomic mass is 10.1. The Morgan fingerprint density at radius 1 is 1.00 bits per heavy atom. The van der Waals surface area contributed by atoms with Crippen LogP contribution in [0.1, 0.15) is 35.6 Å². The Labute approximate surface area is 238 Å². The highest BCUT2D eigenvalue weighted by atomic mass is 16.5. The predicted octanol–water partition coefficient (Wildman–Crippen LogP) is 4.02. The van der Waals surface area contributed by atoms with E-state index in [2.05, 4.69) is 4.90 Å². The number of ether oxygens (including phenoxy) is 2. The van der Waals surface area contributed by atoms with Crippen LogP contribution in [0.5, 0.6) is 11.5 Å². The number of piperazine rings is 1. The van der Waals surface area contributed by atoms with Gasteiger partial charge in [-0.2, -0.15) is 0 Å². The topological polar surface area (TPSA) is 94.0 Å². The third-order valence-electron chi connectivity index (χ3n) is 7.04. The molecule has 1 aliphatic heterocycles. The number of carbonyl (C=O) groups is 2. The van der Waals surface area contributed by atoms with Gasteiger partial charge < -0.3 is 14.4 Å². The van der Waals surface area contributed by atoms with Gasteiger partial charge in [0.1, 0.15) is 23.6 Å². The van der Waals surface area contributed by atoms with E-state index in [1.165, 1.54) is 0 Å². The van der Waals surface area contributed by atoms with Crippen molar-refractivity contribution in [2.24, 2.45) is 0 Å². The summed E-state index contributed by atoms with van der Waals surface area (Å²) >= 11 is 0. The van der Waals surface area contributed by atoms with Gasteiger partial charge in [0.2, 0.25) is 0 Å². The second-order valence-electron chi connectivity index (χ2n) is 10.5. The number of para-hydroxylation sites is 2. The molecule has 2 heterocycles. The van der Waals surface area contributed by atoms with E-state index in [0.717, 1.165) is 11.8 Å². The van der Waals surface area contributed by atoms with E-state index in [1.54, 1.807) is 27.7 Å². The van der Waals surface area contributed by atoms with Crippen molar-refractivity contribution in [3.05, 3.63) is 94.0 Å². The normalized spacial score (nSPS) is 13.9. The molecule has 4 aromatic rings. The van der Waals surface area contributed by atoms with Crippen LogP contribution in [0.2, 0.25) is 0 Å². The van der Waals surface area contributed by atoms with Crippen molar-refractivity contribution in [1.82, 2.24) is 19.4 Å². The van der Waals surface area contributed by atoms with E-state index in [-0.39, 0.29) is 24.2 Å². The average Bonchev–Trinajstić information content (AvgIpc) is 2.97. The van der Waals surface area contributed by atoms with Crippen LogP contribution in [0.3, 0.4) is 0 Å². The Bertz CT molecular complexity index is 1610. The third-order valence-corrected chi connectivity index (χ3v) is 7.04. The number of carbonyl (C=O) groups excluding carboxylic acids is 2. The summed E-state index contributed by atoms with van der Waals surface area (Å²) in [5.74, 6) is 1.74. The van der Waals surface area contributed by atoms with Gasteiger partial charge in [-0.05, 0) is 63.2 Å². The zero-order valence-electron chi connectivity index (χ0n) is 23.6. The molecule has 1 aromatic heterocycles. The minimum atomic E-state index is -0.268.